The van der Waals surface area contributed by atoms with Crippen molar-refractivity contribution < 1.29 is 24.0 Å². The zero-order valence-electron chi connectivity index (χ0n) is 15.8. The number of benzene rings is 2. The molecule has 8 nitrogen and oxygen atoms in total. The van der Waals surface area contributed by atoms with E-state index in [1.54, 1.807) is 6.92 Å². The fourth-order valence-electron chi connectivity index (χ4n) is 2.35. The van der Waals surface area contributed by atoms with Gasteiger partial charge in [-0.1, -0.05) is 17.7 Å². The third-order valence-electron chi connectivity index (χ3n) is 3.87. The molecule has 1 amide bonds. The smallest absolute Gasteiger partial charge is 0.306 e. The first-order valence-corrected chi connectivity index (χ1v) is 8.75. The molecule has 0 unspecified atom stereocenters. The van der Waals surface area contributed by atoms with Crippen LogP contribution >= 0.6 is 0 Å². The van der Waals surface area contributed by atoms with Crippen LogP contribution in [-0.2, 0) is 14.3 Å². The molecule has 0 aliphatic rings. The van der Waals surface area contributed by atoms with Crippen molar-refractivity contribution in [2.24, 2.45) is 0 Å². The van der Waals surface area contributed by atoms with Gasteiger partial charge in [0.15, 0.2) is 6.61 Å². The normalized spacial score (nSPS) is 10.2. The third kappa shape index (κ3) is 6.71. The zero-order chi connectivity index (χ0) is 20.5. The Labute approximate surface area is 162 Å². The van der Waals surface area contributed by atoms with E-state index in [-0.39, 0.29) is 12.1 Å². The minimum atomic E-state index is -0.513. The highest BCUT2D eigenvalue weighted by atomic mass is 16.6. The molecular weight excluding hydrogens is 364 g/mol. The van der Waals surface area contributed by atoms with E-state index in [0.29, 0.717) is 24.3 Å². The van der Waals surface area contributed by atoms with E-state index in [1.165, 1.54) is 18.2 Å². The van der Waals surface area contributed by atoms with Crippen LogP contribution in [0.4, 0.5) is 11.4 Å². The summed E-state index contributed by atoms with van der Waals surface area (Å²) in [6.07, 6.45) is 0.603. The maximum atomic E-state index is 11.9. The number of aryl methyl sites for hydroxylation is 2. The maximum absolute atomic E-state index is 11.9. The summed E-state index contributed by atoms with van der Waals surface area (Å²) < 4.78 is 10.5. The van der Waals surface area contributed by atoms with Crippen LogP contribution in [0.5, 0.6) is 5.75 Å². The average molecular weight is 386 g/mol. The van der Waals surface area contributed by atoms with Crippen molar-refractivity contribution in [3.63, 3.8) is 0 Å². The lowest BCUT2D eigenvalue weighted by Crippen LogP contribution is -2.21. The molecule has 1 N–H and O–H groups in total. The van der Waals surface area contributed by atoms with Gasteiger partial charge in [0.05, 0.1) is 11.5 Å². The van der Waals surface area contributed by atoms with Gasteiger partial charge in [-0.3, -0.25) is 19.7 Å². The number of rotatable bonds is 9. The second kappa shape index (κ2) is 10.1. The first-order valence-electron chi connectivity index (χ1n) is 8.75. The second-order valence-corrected chi connectivity index (χ2v) is 6.23. The van der Waals surface area contributed by atoms with Gasteiger partial charge in [0.25, 0.3) is 11.6 Å². The van der Waals surface area contributed by atoms with Gasteiger partial charge in [0.1, 0.15) is 5.75 Å². The van der Waals surface area contributed by atoms with E-state index >= 15 is 0 Å². The molecule has 0 radical (unpaired) electrons. The molecule has 0 aliphatic carbocycles. The van der Waals surface area contributed by atoms with Gasteiger partial charge in [0.2, 0.25) is 0 Å². The van der Waals surface area contributed by atoms with Gasteiger partial charge in [-0.15, -0.1) is 0 Å². The zero-order valence-corrected chi connectivity index (χ0v) is 15.8. The molecule has 0 saturated heterocycles. The molecule has 2 rings (SSSR count). The highest BCUT2D eigenvalue weighted by Gasteiger charge is 2.12. The van der Waals surface area contributed by atoms with Gasteiger partial charge in [0, 0.05) is 24.2 Å². The number of nitro benzene ring substituents is 1. The molecule has 0 bridgehead atoms. The number of carbonyl (C=O) groups is 2. The average Bonchev–Trinajstić information content (AvgIpc) is 2.66. The van der Waals surface area contributed by atoms with Crippen LogP contribution in [0, 0.1) is 24.0 Å². The van der Waals surface area contributed by atoms with Crippen LogP contribution < -0.4 is 10.1 Å². The van der Waals surface area contributed by atoms with Crippen LogP contribution in [-0.4, -0.2) is 30.0 Å². The molecule has 8 heteroatoms. The topological polar surface area (TPSA) is 108 Å². The van der Waals surface area contributed by atoms with E-state index in [2.05, 4.69) is 5.32 Å². The predicted octanol–water partition coefficient (Wildman–Crippen LogP) is 3.55. The lowest BCUT2D eigenvalue weighted by molar-refractivity contribution is -0.384. The molecule has 0 saturated carbocycles. The molecule has 0 aliphatic heterocycles. The predicted molar refractivity (Wildman–Crippen MR) is 103 cm³/mol. The fraction of sp³-hybridized carbons (Fsp3) is 0.300. The quantitative estimate of drug-likeness (QED) is 0.306. The number of esters is 1. The van der Waals surface area contributed by atoms with Gasteiger partial charge >= 0.3 is 5.97 Å². The second-order valence-electron chi connectivity index (χ2n) is 6.23. The van der Waals surface area contributed by atoms with Crippen molar-refractivity contribution in [1.82, 2.24) is 0 Å². The Morgan fingerprint density at radius 1 is 1.11 bits per heavy atom. The summed E-state index contributed by atoms with van der Waals surface area (Å²) in [7, 11) is 0. The Balaban J connectivity index is 1.67. The summed E-state index contributed by atoms with van der Waals surface area (Å²) in [5.41, 5.74) is 2.05. The lowest BCUT2D eigenvalue weighted by atomic mass is 10.2. The standard InChI is InChI=1S/C20H22N2O6/c1-14-5-8-17(9-6-14)27-11-3-4-20(24)28-13-19(23)21-18-10-7-16(22(25)26)12-15(18)2/h5-10,12H,3-4,11,13H2,1-2H3,(H,21,23). The molecule has 0 heterocycles. The number of non-ortho nitro benzene ring substituents is 1. The number of nitrogens with zero attached hydrogens (tertiary/aromatic N) is 1. The number of carbonyl (C=O) groups excluding carboxylic acids is 2. The monoisotopic (exact) mass is 386 g/mol. The Morgan fingerprint density at radius 2 is 1.82 bits per heavy atom. The Morgan fingerprint density at radius 3 is 2.46 bits per heavy atom. The van der Waals surface area contributed by atoms with E-state index < -0.39 is 23.4 Å². The van der Waals surface area contributed by atoms with E-state index in [4.69, 9.17) is 9.47 Å². The Kier molecular flexibility index (Phi) is 7.50. The summed E-state index contributed by atoms with van der Waals surface area (Å²) in [5.74, 6) is -0.277. The molecule has 0 atom stereocenters. The number of amides is 1. The van der Waals surface area contributed by atoms with Crippen molar-refractivity contribution >= 4 is 23.3 Å². The number of hydrogen-bond acceptors (Lipinski definition) is 6. The molecule has 28 heavy (non-hydrogen) atoms. The lowest BCUT2D eigenvalue weighted by Gasteiger charge is -2.09. The molecule has 148 valence electrons. The first kappa shape index (κ1) is 20.9. The number of nitrogens with one attached hydrogen (secondary N) is 1. The number of ether oxygens (including phenoxy) is 2. The number of hydrogen-bond donors (Lipinski definition) is 1. The highest BCUT2D eigenvalue weighted by Crippen LogP contribution is 2.21. The Hall–Kier alpha value is -3.42. The summed E-state index contributed by atoms with van der Waals surface area (Å²) >= 11 is 0. The fourth-order valence-corrected chi connectivity index (χ4v) is 2.35. The summed E-state index contributed by atoms with van der Waals surface area (Å²) in [6, 6.07) is 11.7. The van der Waals surface area contributed by atoms with Crippen LogP contribution in [0.25, 0.3) is 0 Å². The first-order chi connectivity index (χ1) is 13.3. The van der Waals surface area contributed by atoms with Gasteiger partial charge in [-0.05, 0) is 44.0 Å². The van der Waals surface area contributed by atoms with E-state index in [0.717, 1.165) is 11.3 Å². The van der Waals surface area contributed by atoms with Crippen molar-refractivity contribution in [2.75, 3.05) is 18.5 Å². The highest BCUT2D eigenvalue weighted by molar-refractivity contribution is 5.93. The van der Waals surface area contributed by atoms with Crippen LogP contribution in [0.3, 0.4) is 0 Å². The summed E-state index contributed by atoms with van der Waals surface area (Å²) in [4.78, 5) is 33.8. The van der Waals surface area contributed by atoms with Crippen molar-refractivity contribution in [2.45, 2.75) is 26.7 Å². The molecule has 0 aromatic heterocycles. The SMILES string of the molecule is Cc1ccc(OCCCC(=O)OCC(=O)Nc2ccc([N+](=O)[O-])cc2C)cc1. The van der Waals surface area contributed by atoms with Crippen molar-refractivity contribution in [1.29, 1.82) is 0 Å². The molecule has 0 fully saturated rings. The van der Waals surface area contributed by atoms with Crippen molar-refractivity contribution in [3.05, 3.63) is 63.7 Å². The molecule has 2 aromatic rings. The minimum Gasteiger partial charge on any atom is -0.494 e. The van der Waals surface area contributed by atoms with E-state index in [1.807, 2.05) is 31.2 Å². The van der Waals surface area contributed by atoms with Crippen LogP contribution in [0.15, 0.2) is 42.5 Å². The summed E-state index contributed by atoms with van der Waals surface area (Å²) in [5, 5.41) is 13.3. The van der Waals surface area contributed by atoms with Gasteiger partial charge in [-0.2, -0.15) is 0 Å². The van der Waals surface area contributed by atoms with Gasteiger partial charge in [-0.25, -0.2) is 0 Å². The minimum absolute atomic E-state index is 0.0604. The van der Waals surface area contributed by atoms with Crippen LogP contribution in [0.2, 0.25) is 0 Å². The maximum Gasteiger partial charge on any atom is 0.306 e. The van der Waals surface area contributed by atoms with Crippen LogP contribution in [0.1, 0.15) is 24.0 Å². The van der Waals surface area contributed by atoms with Crippen molar-refractivity contribution in [3.8, 4) is 5.75 Å². The number of anilines is 1. The van der Waals surface area contributed by atoms with E-state index in [9.17, 15) is 19.7 Å². The summed E-state index contributed by atoms with van der Waals surface area (Å²) in [6.45, 7) is 3.57. The molecular formula is C20H22N2O6. The Bertz CT molecular complexity index is 848. The molecule has 2 aromatic carbocycles. The molecule has 0 spiro atoms. The number of nitro groups is 1. The third-order valence-corrected chi connectivity index (χ3v) is 3.87. The largest absolute Gasteiger partial charge is 0.494 e. The van der Waals surface area contributed by atoms with Gasteiger partial charge < -0.3 is 14.8 Å².